The van der Waals surface area contributed by atoms with E-state index in [1.54, 1.807) is 17.3 Å². The number of amides is 1. The molecule has 8 heteroatoms. The number of aryl methyl sites for hydroxylation is 1. The highest BCUT2D eigenvalue weighted by Crippen LogP contribution is 2.38. The molecule has 1 aliphatic heterocycles. The summed E-state index contributed by atoms with van der Waals surface area (Å²) in [6, 6.07) is 8.84. The first-order valence-corrected chi connectivity index (χ1v) is 9.75. The Morgan fingerprint density at radius 3 is 2.74 bits per heavy atom. The van der Waals surface area contributed by atoms with Crippen LogP contribution in [0.2, 0.25) is 0 Å². The predicted molar refractivity (Wildman–Crippen MR) is 113 cm³/mol. The Hall–Kier alpha value is -3.55. The number of nitrogens with one attached hydrogen (secondary N) is 1. The smallest absolute Gasteiger partial charge is 0.355 e. The van der Waals surface area contributed by atoms with Crippen molar-refractivity contribution in [1.82, 2.24) is 14.5 Å². The van der Waals surface area contributed by atoms with Gasteiger partial charge in [0.15, 0.2) is 0 Å². The third-order valence-electron chi connectivity index (χ3n) is 5.32. The second kappa shape index (κ2) is 7.94. The van der Waals surface area contributed by atoms with Crippen molar-refractivity contribution in [3.05, 3.63) is 78.3 Å². The molecular weight excluding hydrogens is 405 g/mol. The van der Waals surface area contributed by atoms with Gasteiger partial charge in [-0.15, -0.1) is 0 Å². The number of alkyl halides is 3. The van der Waals surface area contributed by atoms with E-state index in [4.69, 9.17) is 0 Å². The Bertz CT molecular complexity index is 1150. The van der Waals surface area contributed by atoms with Crippen LogP contribution in [0.5, 0.6) is 0 Å². The van der Waals surface area contributed by atoms with Gasteiger partial charge in [0.25, 0.3) is 0 Å². The highest BCUT2D eigenvalue weighted by molar-refractivity contribution is 5.88. The molecule has 0 fully saturated rings. The molecule has 0 bridgehead atoms. The normalized spacial score (nSPS) is 13.6. The van der Waals surface area contributed by atoms with Gasteiger partial charge >= 0.3 is 6.18 Å². The molecule has 4 rings (SSSR count). The first-order chi connectivity index (χ1) is 14.8. The number of benzene rings is 2. The number of aromatic nitrogens is 2. The van der Waals surface area contributed by atoms with Crippen molar-refractivity contribution in [2.24, 2.45) is 7.05 Å². The molecule has 160 valence electrons. The summed E-state index contributed by atoms with van der Waals surface area (Å²) in [5, 5.41) is 3.14. The SMILES string of the molecule is C=CC(=O)N1CCc2c(ccc(Nc3cccc(C(F)(F)F)c3)c2-c2cn(C)cn2)C1. The van der Waals surface area contributed by atoms with Crippen LogP contribution in [0.4, 0.5) is 24.5 Å². The van der Waals surface area contributed by atoms with Crippen LogP contribution >= 0.6 is 0 Å². The highest BCUT2D eigenvalue weighted by atomic mass is 19.4. The molecule has 0 unspecified atom stereocenters. The lowest BCUT2D eigenvalue weighted by atomic mass is 9.91. The molecular formula is C23H21F3N4O. The monoisotopic (exact) mass is 426 g/mol. The first kappa shape index (κ1) is 20.7. The van der Waals surface area contributed by atoms with E-state index in [0.717, 1.165) is 34.5 Å². The standard InChI is InChI=1S/C23H21F3N4O/c1-3-21(31)30-10-9-18-15(12-30)7-8-19(22(18)20-13-29(2)14-27-20)28-17-6-4-5-16(11-17)23(24,25)26/h3-8,11,13-14,28H,1,9-10,12H2,2H3. The average Bonchev–Trinajstić information content (AvgIpc) is 3.18. The summed E-state index contributed by atoms with van der Waals surface area (Å²) < 4.78 is 41.2. The van der Waals surface area contributed by atoms with Gasteiger partial charge in [-0.3, -0.25) is 4.79 Å². The zero-order chi connectivity index (χ0) is 22.2. The number of fused-ring (bicyclic) bond motifs is 1. The van der Waals surface area contributed by atoms with Gasteiger partial charge in [-0.05, 0) is 47.9 Å². The van der Waals surface area contributed by atoms with E-state index in [0.29, 0.717) is 30.9 Å². The molecule has 2 heterocycles. The molecule has 0 radical (unpaired) electrons. The highest BCUT2D eigenvalue weighted by Gasteiger charge is 2.30. The quantitative estimate of drug-likeness (QED) is 0.603. The fraction of sp³-hybridized carbons (Fsp3) is 0.217. The van der Waals surface area contributed by atoms with E-state index < -0.39 is 11.7 Å². The van der Waals surface area contributed by atoms with Crippen LogP contribution in [0, 0.1) is 0 Å². The lowest BCUT2D eigenvalue weighted by Gasteiger charge is -2.30. The lowest BCUT2D eigenvalue weighted by molar-refractivity contribution is -0.137. The summed E-state index contributed by atoms with van der Waals surface area (Å²) >= 11 is 0. The maximum absolute atomic E-state index is 13.1. The lowest BCUT2D eigenvalue weighted by Crippen LogP contribution is -2.35. The molecule has 0 aliphatic carbocycles. The van der Waals surface area contributed by atoms with E-state index in [-0.39, 0.29) is 5.91 Å². The summed E-state index contributed by atoms with van der Waals surface area (Å²) in [7, 11) is 1.86. The minimum atomic E-state index is -4.42. The number of carbonyl (C=O) groups is 1. The Labute approximate surface area is 177 Å². The van der Waals surface area contributed by atoms with E-state index in [2.05, 4.69) is 16.9 Å². The van der Waals surface area contributed by atoms with Gasteiger partial charge in [0, 0.05) is 43.3 Å². The zero-order valence-electron chi connectivity index (χ0n) is 16.9. The third-order valence-corrected chi connectivity index (χ3v) is 5.32. The van der Waals surface area contributed by atoms with Gasteiger partial charge in [0.05, 0.1) is 17.6 Å². The van der Waals surface area contributed by atoms with E-state index in [1.807, 2.05) is 29.9 Å². The number of hydrogen-bond donors (Lipinski definition) is 1. The molecule has 1 aliphatic rings. The van der Waals surface area contributed by atoms with Gasteiger partial charge in [0.2, 0.25) is 5.91 Å². The molecule has 2 aromatic carbocycles. The molecule has 0 saturated carbocycles. The van der Waals surface area contributed by atoms with Gasteiger partial charge in [0.1, 0.15) is 0 Å². The van der Waals surface area contributed by atoms with Crippen molar-refractivity contribution in [2.75, 3.05) is 11.9 Å². The average molecular weight is 426 g/mol. The molecule has 1 N–H and O–H groups in total. The minimum absolute atomic E-state index is 0.129. The fourth-order valence-electron chi connectivity index (χ4n) is 3.84. The van der Waals surface area contributed by atoms with Crippen molar-refractivity contribution in [3.63, 3.8) is 0 Å². The largest absolute Gasteiger partial charge is 0.416 e. The van der Waals surface area contributed by atoms with Crippen molar-refractivity contribution < 1.29 is 18.0 Å². The minimum Gasteiger partial charge on any atom is -0.355 e. The summed E-state index contributed by atoms with van der Waals surface area (Å²) in [5.41, 5.74) is 3.86. The van der Waals surface area contributed by atoms with Crippen LogP contribution in [0.25, 0.3) is 11.3 Å². The molecule has 31 heavy (non-hydrogen) atoms. The Morgan fingerprint density at radius 2 is 2.06 bits per heavy atom. The molecule has 0 atom stereocenters. The van der Waals surface area contributed by atoms with Crippen LogP contribution in [-0.2, 0) is 31.0 Å². The number of halogens is 3. The number of carbonyl (C=O) groups excluding carboxylic acids is 1. The van der Waals surface area contributed by atoms with E-state index in [9.17, 15) is 18.0 Å². The Balaban J connectivity index is 1.77. The maximum atomic E-state index is 13.1. The molecule has 1 amide bonds. The summed E-state index contributed by atoms with van der Waals surface area (Å²) in [6.45, 7) is 4.53. The van der Waals surface area contributed by atoms with Gasteiger partial charge in [-0.2, -0.15) is 13.2 Å². The van der Waals surface area contributed by atoms with Crippen LogP contribution in [-0.4, -0.2) is 26.9 Å². The van der Waals surface area contributed by atoms with Crippen LogP contribution < -0.4 is 5.32 Å². The van der Waals surface area contributed by atoms with Crippen LogP contribution in [0.1, 0.15) is 16.7 Å². The predicted octanol–water partition coefficient (Wildman–Crippen LogP) is 4.92. The van der Waals surface area contributed by atoms with Crippen molar-refractivity contribution in [2.45, 2.75) is 19.1 Å². The second-order valence-corrected chi connectivity index (χ2v) is 7.47. The third kappa shape index (κ3) is 4.19. The van der Waals surface area contributed by atoms with Gasteiger partial charge in [-0.1, -0.05) is 18.7 Å². The maximum Gasteiger partial charge on any atom is 0.416 e. The first-order valence-electron chi connectivity index (χ1n) is 9.75. The topological polar surface area (TPSA) is 50.2 Å². The van der Waals surface area contributed by atoms with Crippen LogP contribution in [0.3, 0.4) is 0 Å². The van der Waals surface area contributed by atoms with Crippen molar-refractivity contribution in [1.29, 1.82) is 0 Å². The van der Waals surface area contributed by atoms with Gasteiger partial charge < -0.3 is 14.8 Å². The number of hydrogen-bond acceptors (Lipinski definition) is 3. The van der Waals surface area contributed by atoms with E-state index >= 15 is 0 Å². The van der Waals surface area contributed by atoms with Gasteiger partial charge in [-0.25, -0.2) is 4.98 Å². The molecule has 5 nitrogen and oxygen atoms in total. The van der Waals surface area contributed by atoms with Crippen molar-refractivity contribution in [3.8, 4) is 11.3 Å². The summed E-state index contributed by atoms with van der Waals surface area (Å²) in [6.07, 6.45) is 1.04. The number of anilines is 2. The fourth-order valence-corrected chi connectivity index (χ4v) is 3.84. The summed E-state index contributed by atoms with van der Waals surface area (Å²) in [4.78, 5) is 18.2. The second-order valence-electron chi connectivity index (χ2n) is 7.47. The van der Waals surface area contributed by atoms with Crippen LogP contribution in [0.15, 0.2) is 61.6 Å². The van der Waals surface area contributed by atoms with E-state index in [1.165, 1.54) is 12.1 Å². The number of rotatable bonds is 4. The summed E-state index contributed by atoms with van der Waals surface area (Å²) in [5.74, 6) is -0.129. The molecule has 0 saturated heterocycles. The zero-order valence-corrected chi connectivity index (χ0v) is 16.9. The Kier molecular flexibility index (Phi) is 5.31. The Morgan fingerprint density at radius 1 is 1.26 bits per heavy atom. The number of nitrogens with zero attached hydrogens (tertiary/aromatic N) is 3. The number of imidazole rings is 1. The van der Waals surface area contributed by atoms with Crippen molar-refractivity contribution >= 4 is 17.3 Å². The molecule has 3 aromatic rings. The molecule has 1 aromatic heterocycles. The molecule has 0 spiro atoms.